The Balaban J connectivity index is 3.03. The quantitative estimate of drug-likeness (QED) is 0.302. The predicted octanol–water partition coefficient (Wildman–Crippen LogP) is 4.49. The molecule has 0 radical (unpaired) electrons. The summed E-state index contributed by atoms with van der Waals surface area (Å²) in [5.74, 6) is 0.535. The van der Waals surface area contributed by atoms with Gasteiger partial charge in [-0.2, -0.15) is 0 Å². The molecular weight excluding hydrogens is 212 g/mol. The first kappa shape index (κ1) is 16.2. The van der Waals surface area contributed by atoms with Crippen LogP contribution < -0.4 is 0 Å². The first-order valence-corrected chi connectivity index (χ1v) is 6.96. The molecule has 0 saturated heterocycles. The molecule has 0 aromatic heterocycles. The third-order valence-electron chi connectivity index (χ3n) is 2.84. The summed E-state index contributed by atoms with van der Waals surface area (Å²) in [5, 5.41) is 0. The van der Waals surface area contributed by atoms with Crippen molar-refractivity contribution in [2.45, 2.75) is 65.2 Å². The van der Waals surface area contributed by atoms with Gasteiger partial charge in [-0.05, 0) is 12.3 Å². The van der Waals surface area contributed by atoms with Gasteiger partial charge in [-0.15, -0.1) is 0 Å². The highest BCUT2D eigenvalue weighted by Crippen LogP contribution is 2.11. The fourth-order valence-electron chi connectivity index (χ4n) is 1.77. The van der Waals surface area contributed by atoms with Crippen LogP contribution in [0.5, 0.6) is 0 Å². The van der Waals surface area contributed by atoms with E-state index in [-0.39, 0.29) is 5.97 Å². The van der Waals surface area contributed by atoms with Gasteiger partial charge >= 0.3 is 5.97 Å². The van der Waals surface area contributed by atoms with E-state index in [4.69, 9.17) is 4.74 Å². The van der Waals surface area contributed by atoms with Crippen molar-refractivity contribution in [1.82, 2.24) is 0 Å². The lowest BCUT2D eigenvalue weighted by Gasteiger charge is -2.04. The number of ether oxygens (including phenoxy) is 1. The van der Waals surface area contributed by atoms with E-state index in [9.17, 15) is 4.79 Å². The van der Waals surface area contributed by atoms with E-state index in [0.717, 1.165) is 18.8 Å². The smallest absolute Gasteiger partial charge is 0.330 e. The molecule has 0 spiro atoms. The van der Waals surface area contributed by atoms with Gasteiger partial charge in [0.2, 0.25) is 0 Å². The summed E-state index contributed by atoms with van der Waals surface area (Å²) >= 11 is 0. The van der Waals surface area contributed by atoms with Gasteiger partial charge in [-0.25, -0.2) is 4.79 Å². The molecule has 0 amide bonds. The molecule has 0 aromatic rings. The highest BCUT2D eigenvalue weighted by Gasteiger charge is 1.96. The SMILES string of the molecule is C=CC(=O)OCCCCCCCCCC(C)C. The maximum atomic E-state index is 10.7. The van der Waals surface area contributed by atoms with Gasteiger partial charge in [-0.3, -0.25) is 0 Å². The van der Waals surface area contributed by atoms with Gasteiger partial charge in [0.15, 0.2) is 0 Å². The van der Waals surface area contributed by atoms with Gasteiger partial charge < -0.3 is 4.74 Å². The van der Waals surface area contributed by atoms with Crippen LogP contribution in [0.2, 0.25) is 0 Å². The minimum Gasteiger partial charge on any atom is -0.463 e. The molecule has 0 aliphatic heterocycles. The second kappa shape index (κ2) is 11.7. The maximum absolute atomic E-state index is 10.7. The van der Waals surface area contributed by atoms with Crippen LogP contribution in [-0.2, 0) is 9.53 Å². The van der Waals surface area contributed by atoms with Gasteiger partial charge in [0, 0.05) is 6.08 Å². The van der Waals surface area contributed by atoms with Crippen LogP contribution in [0.3, 0.4) is 0 Å². The number of rotatable bonds is 11. The molecule has 0 aromatic carbocycles. The van der Waals surface area contributed by atoms with Crippen molar-refractivity contribution >= 4 is 5.97 Å². The summed E-state index contributed by atoms with van der Waals surface area (Å²) in [6.07, 6.45) is 11.4. The van der Waals surface area contributed by atoms with Gasteiger partial charge in [-0.1, -0.05) is 65.4 Å². The first-order chi connectivity index (χ1) is 8.16. The fourth-order valence-corrected chi connectivity index (χ4v) is 1.77. The minimum atomic E-state index is -0.307. The van der Waals surface area contributed by atoms with Crippen molar-refractivity contribution in [2.75, 3.05) is 6.61 Å². The zero-order valence-electron chi connectivity index (χ0n) is 11.5. The number of esters is 1. The molecule has 0 aliphatic rings. The number of carbonyl (C=O) groups excluding carboxylic acids is 1. The lowest BCUT2D eigenvalue weighted by atomic mass is 10.0. The van der Waals surface area contributed by atoms with Crippen molar-refractivity contribution in [3.05, 3.63) is 12.7 Å². The van der Waals surface area contributed by atoms with E-state index in [2.05, 4.69) is 20.4 Å². The zero-order chi connectivity index (χ0) is 12.9. The summed E-state index contributed by atoms with van der Waals surface area (Å²) < 4.78 is 4.91. The van der Waals surface area contributed by atoms with Crippen LogP contribution in [0.4, 0.5) is 0 Å². The molecule has 0 heterocycles. The molecule has 0 atom stereocenters. The standard InChI is InChI=1S/C15H28O2/c1-4-15(16)17-13-11-9-7-5-6-8-10-12-14(2)3/h4,14H,1,5-13H2,2-3H3. The molecule has 0 N–H and O–H groups in total. The summed E-state index contributed by atoms with van der Waals surface area (Å²) in [6.45, 7) is 8.46. The first-order valence-electron chi connectivity index (χ1n) is 6.96. The highest BCUT2D eigenvalue weighted by molar-refractivity contribution is 5.81. The fraction of sp³-hybridized carbons (Fsp3) is 0.800. The number of hydrogen-bond donors (Lipinski definition) is 0. The third-order valence-corrected chi connectivity index (χ3v) is 2.84. The molecule has 0 rings (SSSR count). The third kappa shape index (κ3) is 13.1. The normalized spacial score (nSPS) is 10.5. The molecule has 0 saturated carbocycles. The molecular formula is C15H28O2. The second-order valence-corrected chi connectivity index (χ2v) is 5.03. The summed E-state index contributed by atoms with van der Waals surface area (Å²) in [7, 11) is 0. The van der Waals surface area contributed by atoms with Crippen molar-refractivity contribution in [3.63, 3.8) is 0 Å². The van der Waals surface area contributed by atoms with E-state index in [1.54, 1.807) is 0 Å². The predicted molar refractivity (Wildman–Crippen MR) is 72.9 cm³/mol. The molecule has 2 heteroatoms. The number of unbranched alkanes of at least 4 members (excludes halogenated alkanes) is 6. The molecule has 17 heavy (non-hydrogen) atoms. The van der Waals surface area contributed by atoms with Crippen molar-refractivity contribution in [2.24, 2.45) is 5.92 Å². The van der Waals surface area contributed by atoms with E-state index in [0.29, 0.717) is 6.61 Å². The Morgan fingerprint density at radius 1 is 1.06 bits per heavy atom. The second-order valence-electron chi connectivity index (χ2n) is 5.03. The molecule has 0 fully saturated rings. The summed E-state index contributed by atoms with van der Waals surface area (Å²) in [4.78, 5) is 10.7. The average Bonchev–Trinajstić information content (AvgIpc) is 2.30. The molecule has 0 aliphatic carbocycles. The van der Waals surface area contributed by atoms with Gasteiger partial charge in [0.1, 0.15) is 0 Å². The van der Waals surface area contributed by atoms with Crippen molar-refractivity contribution in [3.8, 4) is 0 Å². The molecule has 100 valence electrons. The Morgan fingerprint density at radius 3 is 2.12 bits per heavy atom. The Kier molecular flexibility index (Phi) is 11.1. The van der Waals surface area contributed by atoms with Crippen LogP contribution in [0, 0.1) is 5.92 Å². The van der Waals surface area contributed by atoms with E-state index >= 15 is 0 Å². The van der Waals surface area contributed by atoms with Crippen LogP contribution in [-0.4, -0.2) is 12.6 Å². The van der Waals surface area contributed by atoms with E-state index in [1.807, 2.05) is 0 Å². The molecule has 2 nitrogen and oxygen atoms in total. The van der Waals surface area contributed by atoms with E-state index in [1.165, 1.54) is 44.6 Å². The zero-order valence-corrected chi connectivity index (χ0v) is 11.5. The summed E-state index contributed by atoms with van der Waals surface area (Å²) in [5.41, 5.74) is 0. The van der Waals surface area contributed by atoms with Crippen molar-refractivity contribution < 1.29 is 9.53 Å². The average molecular weight is 240 g/mol. The highest BCUT2D eigenvalue weighted by atomic mass is 16.5. The lowest BCUT2D eigenvalue weighted by Crippen LogP contribution is -2.01. The van der Waals surface area contributed by atoms with Gasteiger partial charge in [0.05, 0.1) is 6.61 Å². The Labute approximate surface area is 106 Å². The van der Waals surface area contributed by atoms with Gasteiger partial charge in [0.25, 0.3) is 0 Å². The largest absolute Gasteiger partial charge is 0.463 e. The lowest BCUT2D eigenvalue weighted by molar-refractivity contribution is -0.137. The monoisotopic (exact) mass is 240 g/mol. The van der Waals surface area contributed by atoms with Crippen LogP contribution in [0.1, 0.15) is 65.2 Å². The molecule has 0 bridgehead atoms. The van der Waals surface area contributed by atoms with Crippen molar-refractivity contribution in [1.29, 1.82) is 0 Å². The van der Waals surface area contributed by atoms with E-state index < -0.39 is 0 Å². The number of carbonyl (C=O) groups is 1. The maximum Gasteiger partial charge on any atom is 0.330 e. The minimum absolute atomic E-state index is 0.307. The Hall–Kier alpha value is -0.790. The van der Waals surface area contributed by atoms with Crippen LogP contribution >= 0.6 is 0 Å². The Bertz CT molecular complexity index is 197. The molecule has 0 unspecified atom stereocenters. The summed E-state index contributed by atoms with van der Waals surface area (Å²) in [6, 6.07) is 0. The Morgan fingerprint density at radius 2 is 1.59 bits per heavy atom. The van der Waals surface area contributed by atoms with Crippen LogP contribution in [0.15, 0.2) is 12.7 Å². The number of hydrogen-bond acceptors (Lipinski definition) is 2. The van der Waals surface area contributed by atoms with Crippen LogP contribution in [0.25, 0.3) is 0 Å². The topological polar surface area (TPSA) is 26.3 Å².